The second kappa shape index (κ2) is 9.25. The smallest absolute Gasteiger partial charge is 0.0814 e. The second-order valence-electron chi connectivity index (χ2n) is 6.99. The minimum absolute atomic E-state index is 1.31. The molecule has 0 fully saturated rings. The number of aryl methyl sites for hydroxylation is 1. The Hall–Kier alpha value is -0.823. The summed E-state index contributed by atoms with van der Waals surface area (Å²) in [5.41, 5.74) is 2.85. The van der Waals surface area contributed by atoms with Crippen molar-refractivity contribution in [2.24, 2.45) is 0 Å². The predicted molar refractivity (Wildman–Crippen MR) is 101 cm³/mol. The molecule has 1 heteroatoms. The number of benzene rings is 1. The average molecular weight is 303 g/mol. The summed E-state index contributed by atoms with van der Waals surface area (Å²) in [6.45, 7) is 11.7. The van der Waals surface area contributed by atoms with E-state index in [4.69, 9.17) is 0 Å². The topological polar surface area (TPSA) is 0 Å². The highest BCUT2D eigenvalue weighted by Gasteiger charge is 2.24. The van der Waals surface area contributed by atoms with Crippen molar-refractivity contribution in [3.63, 3.8) is 0 Å². The summed E-state index contributed by atoms with van der Waals surface area (Å²) in [6, 6.07) is 8.42. The molecular formula is C20H34Si. The lowest BCUT2D eigenvalue weighted by Crippen LogP contribution is -2.42. The molecule has 1 aromatic carbocycles. The van der Waals surface area contributed by atoms with Gasteiger partial charge in [-0.15, -0.1) is 0 Å². The van der Waals surface area contributed by atoms with Gasteiger partial charge in [0.2, 0.25) is 0 Å². The van der Waals surface area contributed by atoms with Crippen molar-refractivity contribution < 1.29 is 0 Å². The van der Waals surface area contributed by atoms with Crippen LogP contribution in [0.15, 0.2) is 24.3 Å². The maximum atomic E-state index is 2.54. The largest absolute Gasteiger partial charge is 0.0871 e. The van der Waals surface area contributed by atoms with Crippen LogP contribution in [0, 0.1) is 6.92 Å². The lowest BCUT2D eigenvalue weighted by molar-refractivity contribution is 0.623. The fourth-order valence-electron chi connectivity index (χ4n) is 3.06. The molecule has 0 aromatic heterocycles. The van der Waals surface area contributed by atoms with Crippen LogP contribution in [0.2, 0.25) is 19.1 Å². The molecule has 0 nitrogen and oxygen atoms in total. The number of hydrogen-bond acceptors (Lipinski definition) is 0. The zero-order valence-electron chi connectivity index (χ0n) is 14.8. The molecule has 0 radical (unpaired) electrons. The summed E-state index contributed by atoms with van der Waals surface area (Å²) in [5.74, 6) is 0. The molecule has 0 saturated heterocycles. The highest BCUT2D eigenvalue weighted by atomic mass is 28.3. The molecule has 0 aliphatic heterocycles. The van der Waals surface area contributed by atoms with Crippen molar-refractivity contribution in [3.8, 4) is 0 Å². The van der Waals surface area contributed by atoms with Crippen LogP contribution in [0.3, 0.4) is 0 Å². The highest BCUT2D eigenvalue weighted by Crippen LogP contribution is 2.19. The molecule has 0 bridgehead atoms. The molecule has 0 heterocycles. The van der Waals surface area contributed by atoms with Gasteiger partial charge >= 0.3 is 0 Å². The molecule has 0 spiro atoms. The van der Waals surface area contributed by atoms with Crippen LogP contribution in [-0.2, 0) is 0 Å². The van der Waals surface area contributed by atoms with Crippen LogP contribution < -0.4 is 5.19 Å². The van der Waals surface area contributed by atoms with E-state index in [1.165, 1.54) is 55.7 Å². The second-order valence-corrected chi connectivity index (χ2v) is 11.8. The molecule has 0 aliphatic rings. The Kier molecular flexibility index (Phi) is 8.03. The summed E-state index contributed by atoms with van der Waals surface area (Å²) in [6.07, 6.45) is 12.9. The first-order valence-corrected chi connectivity index (χ1v) is 12.0. The summed E-state index contributed by atoms with van der Waals surface area (Å²) >= 11 is 0. The normalized spacial score (nSPS) is 12.2. The molecule has 21 heavy (non-hydrogen) atoms. The third-order valence-electron chi connectivity index (χ3n) is 4.44. The van der Waals surface area contributed by atoms with E-state index in [1.54, 1.807) is 5.19 Å². The molecule has 1 aromatic rings. The van der Waals surface area contributed by atoms with Crippen molar-refractivity contribution in [3.05, 3.63) is 35.4 Å². The van der Waals surface area contributed by atoms with E-state index >= 15 is 0 Å². The van der Waals surface area contributed by atoms with E-state index in [-0.39, 0.29) is 0 Å². The van der Waals surface area contributed by atoms with E-state index in [2.05, 4.69) is 64.2 Å². The van der Waals surface area contributed by atoms with Crippen molar-refractivity contribution in [2.45, 2.75) is 78.4 Å². The summed E-state index contributed by atoms with van der Waals surface area (Å²) < 4.78 is 0. The van der Waals surface area contributed by atoms with Gasteiger partial charge < -0.3 is 0 Å². The first-order valence-electron chi connectivity index (χ1n) is 8.75. The number of rotatable bonds is 9. The molecule has 118 valence electrons. The third-order valence-corrected chi connectivity index (χ3v) is 7.93. The Morgan fingerprint density at radius 3 is 2.33 bits per heavy atom. The minimum atomic E-state index is -1.31. The van der Waals surface area contributed by atoms with Gasteiger partial charge in [-0.3, -0.25) is 0 Å². The van der Waals surface area contributed by atoms with E-state index in [1.807, 2.05) is 0 Å². The molecule has 0 amide bonds. The molecular weight excluding hydrogens is 268 g/mol. The Morgan fingerprint density at radius 2 is 1.67 bits per heavy atom. The Morgan fingerprint density at radius 1 is 1.00 bits per heavy atom. The highest BCUT2D eigenvalue weighted by molar-refractivity contribution is 6.90. The standard InChI is InChI=1S/C20H34Si/c1-6-8-9-10-11-12-16-21(4,5)20-17-18(3)14-15-19(20)13-7-2/h7,13-15,17H,6,8-12,16H2,1-5H3/b13-7+. The monoisotopic (exact) mass is 302 g/mol. The zero-order valence-corrected chi connectivity index (χ0v) is 15.8. The van der Waals surface area contributed by atoms with Crippen LogP contribution in [0.1, 0.15) is 63.5 Å². The molecule has 0 aliphatic carbocycles. The van der Waals surface area contributed by atoms with Crippen LogP contribution in [0.5, 0.6) is 0 Å². The van der Waals surface area contributed by atoms with E-state index in [9.17, 15) is 0 Å². The van der Waals surface area contributed by atoms with Gasteiger partial charge in [0.25, 0.3) is 0 Å². The lowest BCUT2D eigenvalue weighted by Gasteiger charge is -2.25. The maximum absolute atomic E-state index is 2.54. The van der Waals surface area contributed by atoms with E-state index in [0.29, 0.717) is 0 Å². The lowest BCUT2D eigenvalue weighted by atomic mass is 10.1. The summed E-state index contributed by atoms with van der Waals surface area (Å²) in [7, 11) is -1.31. The van der Waals surface area contributed by atoms with Crippen LogP contribution in [-0.4, -0.2) is 8.07 Å². The quantitative estimate of drug-likeness (QED) is 0.371. The van der Waals surface area contributed by atoms with Gasteiger partial charge in [-0.2, -0.15) is 0 Å². The molecule has 1 rings (SSSR count). The molecule has 0 saturated carbocycles. The zero-order chi connectivity index (χ0) is 15.7. The fourth-order valence-corrected chi connectivity index (χ4v) is 6.03. The van der Waals surface area contributed by atoms with Crippen molar-refractivity contribution >= 4 is 19.3 Å². The van der Waals surface area contributed by atoms with Crippen LogP contribution in [0.25, 0.3) is 6.08 Å². The summed E-state index contributed by atoms with van der Waals surface area (Å²) in [4.78, 5) is 0. The Bertz CT molecular complexity index is 443. The Labute approximate surface area is 133 Å². The first kappa shape index (κ1) is 18.2. The first-order chi connectivity index (χ1) is 10.0. The third kappa shape index (κ3) is 6.21. The van der Waals surface area contributed by atoms with Gasteiger partial charge in [-0.05, 0) is 19.4 Å². The number of allylic oxidation sites excluding steroid dienone is 1. The number of unbranched alkanes of at least 4 members (excludes halogenated alkanes) is 5. The fraction of sp³-hybridized carbons (Fsp3) is 0.600. The van der Waals surface area contributed by atoms with Crippen molar-refractivity contribution in [1.29, 1.82) is 0 Å². The van der Waals surface area contributed by atoms with Gasteiger partial charge in [0.1, 0.15) is 0 Å². The predicted octanol–water partition coefficient (Wildman–Crippen LogP) is 6.30. The molecule has 0 unspecified atom stereocenters. The van der Waals surface area contributed by atoms with Gasteiger partial charge in [-0.25, -0.2) is 0 Å². The minimum Gasteiger partial charge on any atom is -0.0871 e. The Balaban J connectivity index is 2.66. The average Bonchev–Trinajstić information content (AvgIpc) is 2.45. The van der Waals surface area contributed by atoms with E-state index < -0.39 is 8.07 Å². The van der Waals surface area contributed by atoms with Crippen molar-refractivity contribution in [1.82, 2.24) is 0 Å². The summed E-state index contributed by atoms with van der Waals surface area (Å²) in [5, 5.41) is 1.65. The van der Waals surface area contributed by atoms with Gasteiger partial charge in [-0.1, -0.05) is 106 Å². The van der Waals surface area contributed by atoms with Gasteiger partial charge in [0, 0.05) is 0 Å². The van der Waals surface area contributed by atoms with Crippen molar-refractivity contribution in [2.75, 3.05) is 0 Å². The van der Waals surface area contributed by atoms with Crippen LogP contribution in [0.4, 0.5) is 0 Å². The van der Waals surface area contributed by atoms with E-state index in [0.717, 1.165) is 0 Å². The molecule has 0 N–H and O–H groups in total. The SMILES string of the molecule is C/C=C/c1ccc(C)cc1[Si](C)(C)CCCCCCCC. The van der Waals surface area contributed by atoms with Gasteiger partial charge in [0.15, 0.2) is 0 Å². The molecule has 0 atom stereocenters. The maximum Gasteiger partial charge on any atom is 0.0814 e. The van der Waals surface area contributed by atoms with Crippen LogP contribution >= 0.6 is 0 Å². The number of hydrogen-bond donors (Lipinski definition) is 0. The van der Waals surface area contributed by atoms with Gasteiger partial charge in [0.05, 0.1) is 8.07 Å².